The van der Waals surface area contributed by atoms with Crippen LogP contribution in [-0.4, -0.2) is 68.9 Å². The molecule has 0 aliphatic carbocycles. The summed E-state index contributed by atoms with van der Waals surface area (Å²) in [7, 11) is 0.276. The van der Waals surface area contributed by atoms with E-state index in [4.69, 9.17) is 14.7 Å². The van der Waals surface area contributed by atoms with Gasteiger partial charge in [-0.25, -0.2) is 13.4 Å². The van der Waals surface area contributed by atoms with E-state index in [9.17, 15) is 8.42 Å². The van der Waals surface area contributed by atoms with Gasteiger partial charge in [-0.05, 0) is 57.3 Å². The van der Waals surface area contributed by atoms with Crippen molar-refractivity contribution in [3.05, 3.63) is 66.7 Å². The SMILES string of the molecule is COc1cc(N2CCN(C)CC2)ccc1Nc1nc(Nc2ccccc2S(=O)(=O)C(C)C)c2ccccc2n1. The Morgan fingerprint density at radius 1 is 0.872 bits per heavy atom. The lowest BCUT2D eigenvalue weighted by Crippen LogP contribution is -2.44. The van der Waals surface area contributed by atoms with Crippen LogP contribution >= 0.6 is 0 Å². The number of benzene rings is 3. The van der Waals surface area contributed by atoms with Crippen molar-refractivity contribution < 1.29 is 13.2 Å². The van der Waals surface area contributed by atoms with Crippen molar-refractivity contribution in [2.45, 2.75) is 24.0 Å². The summed E-state index contributed by atoms with van der Waals surface area (Å²) >= 11 is 0. The minimum Gasteiger partial charge on any atom is -0.494 e. The highest BCUT2D eigenvalue weighted by Crippen LogP contribution is 2.34. The number of anilines is 5. The summed E-state index contributed by atoms with van der Waals surface area (Å²) in [6, 6.07) is 20.6. The van der Waals surface area contributed by atoms with Gasteiger partial charge in [0.2, 0.25) is 5.95 Å². The van der Waals surface area contributed by atoms with E-state index in [2.05, 4.69) is 33.5 Å². The van der Waals surface area contributed by atoms with Gasteiger partial charge in [0.25, 0.3) is 0 Å². The minimum atomic E-state index is -3.51. The fourth-order valence-electron chi connectivity index (χ4n) is 4.59. The zero-order valence-corrected chi connectivity index (χ0v) is 23.5. The quantitative estimate of drug-likeness (QED) is 0.314. The van der Waals surface area contributed by atoms with Gasteiger partial charge < -0.3 is 25.2 Å². The number of piperazine rings is 1. The zero-order valence-electron chi connectivity index (χ0n) is 22.7. The largest absolute Gasteiger partial charge is 0.494 e. The van der Waals surface area contributed by atoms with E-state index in [0.717, 1.165) is 48.5 Å². The molecule has 0 radical (unpaired) electrons. The second-order valence-corrected chi connectivity index (χ2v) is 12.4. The van der Waals surface area contributed by atoms with Crippen molar-refractivity contribution in [1.82, 2.24) is 14.9 Å². The van der Waals surface area contributed by atoms with E-state index in [-0.39, 0.29) is 4.90 Å². The highest BCUT2D eigenvalue weighted by atomic mass is 32.2. The number of hydrogen-bond acceptors (Lipinski definition) is 9. The standard InChI is InChI=1S/C29H34N6O3S/c1-20(2)39(36,37)27-12-8-7-11-25(27)30-28-22-9-5-6-10-23(22)31-29(33-28)32-24-14-13-21(19-26(24)38-4)35-17-15-34(3)16-18-35/h5-14,19-20H,15-18H2,1-4H3,(H2,30,31,32,33). The highest BCUT2D eigenvalue weighted by Gasteiger charge is 2.23. The first kappa shape index (κ1) is 26.7. The van der Waals surface area contributed by atoms with Crippen LogP contribution in [0, 0.1) is 0 Å². The zero-order chi connectivity index (χ0) is 27.6. The molecule has 1 aromatic heterocycles. The van der Waals surface area contributed by atoms with E-state index in [1.54, 1.807) is 45.2 Å². The lowest BCUT2D eigenvalue weighted by Gasteiger charge is -2.34. The Kier molecular flexibility index (Phi) is 7.58. The molecule has 10 heteroatoms. The van der Waals surface area contributed by atoms with Crippen molar-refractivity contribution in [3.63, 3.8) is 0 Å². The normalized spacial score (nSPS) is 14.5. The van der Waals surface area contributed by atoms with Crippen molar-refractivity contribution >= 4 is 49.6 Å². The van der Waals surface area contributed by atoms with Crippen LogP contribution in [0.1, 0.15) is 13.8 Å². The number of aromatic nitrogens is 2. The maximum absolute atomic E-state index is 13.0. The monoisotopic (exact) mass is 546 g/mol. The first-order valence-electron chi connectivity index (χ1n) is 13.0. The summed E-state index contributed by atoms with van der Waals surface area (Å²) in [5.41, 5.74) is 3.03. The number of hydrogen-bond donors (Lipinski definition) is 2. The predicted molar refractivity (Wildman–Crippen MR) is 158 cm³/mol. The first-order chi connectivity index (χ1) is 18.8. The molecular weight excluding hydrogens is 512 g/mol. The third kappa shape index (κ3) is 5.62. The molecular formula is C29H34N6O3S. The second-order valence-electron chi connectivity index (χ2n) is 9.93. The van der Waals surface area contributed by atoms with E-state index < -0.39 is 15.1 Å². The topological polar surface area (TPSA) is 99.7 Å². The molecule has 0 saturated carbocycles. The number of fused-ring (bicyclic) bond motifs is 1. The number of nitrogens with zero attached hydrogens (tertiary/aromatic N) is 4. The van der Waals surface area contributed by atoms with Gasteiger partial charge in [-0.2, -0.15) is 4.98 Å². The molecule has 204 valence electrons. The van der Waals surface area contributed by atoms with Gasteiger partial charge in [0.15, 0.2) is 9.84 Å². The van der Waals surface area contributed by atoms with E-state index >= 15 is 0 Å². The lowest BCUT2D eigenvalue weighted by molar-refractivity contribution is 0.312. The maximum atomic E-state index is 13.0. The molecule has 9 nitrogen and oxygen atoms in total. The number of sulfone groups is 1. The molecule has 0 amide bonds. The molecule has 2 heterocycles. The molecule has 0 spiro atoms. The summed E-state index contributed by atoms with van der Waals surface area (Å²) in [4.78, 5) is 14.4. The van der Waals surface area contributed by atoms with Crippen molar-refractivity contribution in [1.29, 1.82) is 0 Å². The van der Waals surface area contributed by atoms with Gasteiger partial charge in [-0.3, -0.25) is 0 Å². The first-order valence-corrected chi connectivity index (χ1v) is 14.6. The van der Waals surface area contributed by atoms with Gasteiger partial charge in [0.05, 0.1) is 34.1 Å². The van der Waals surface area contributed by atoms with Gasteiger partial charge in [0.1, 0.15) is 11.6 Å². The molecule has 5 rings (SSSR count). The molecule has 2 N–H and O–H groups in total. The molecule has 0 unspecified atom stereocenters. The Balaban J connectivity index is 1.49. The average molecular weight is 547 g/mol. The van der Waals surface area contributed by atoms with Gasteiger partial charge in [-0.15, -0.1) is 0 Å². The Bertz CT molecular complexity index is 1580. The Morgan fingerprint density at radius 2 is 1.59 bits per heavy atom. The predicted octanol–water partition coefficient (Wildman–Crippen LogP) is 5.06. The molecule has 1 saturated heterocycles. The van der Waals surface area contributed by atoms with Gasteiger partial charge in [0, 0.05) is 43.3 Å². The Hall–Kier alpha value is -3.89. The van der Waals surface area contributed by atoms with E-state index in [1.807, 2.05) is 36.4 Å². The molecule has 39 heavy (non-hydrogen) atoms. The van der Waals surface area contributed by atoms with E-state index in [0.29, 0.717) is 23.2 Å². The second kappa shape index (κ2) is 11.1. The number of likely N-dealkylation sites (N-methyl/N-ethyl adjacent to an activating group) is 1. The molecule has 1 fully saturated rings. The van der Waals surface area contributed by atoms with Crippen LogP contribution in [0.4, 0.5) is 28.8 Å². The molecule has 0 atom stereocenters. The molecule has 0 bridgehead atoms. The summed E-state index contributed by atoms with van der Waals surface area (Å²) in [6.45, 7) is 7.31. The van der Waals surface area contributed by atoms with Crippen LogP contribution in [0.5, 0.6) is 5.75 Å². The third-order valence-electron chi connectivity index (χ3n) is 6.97. The number of methoxy groups -OCH3 is 1. The Morgan fingerprint density at radius 3 is 2.33 bits per heavy atom. The van der Waals surface area contributed by atoms with Crippen molar-refractivity contribution in [2.24, 2.45) is 0 Å². The third-order valence-corrected chi connectivity index (χ3v) is 9.18. The lowest BCUT2D eigenvalue weighted by atomic mass is 10.2. The van der Waals surface area contributed by atoms with Crippen LogP contribution in [0.15, 0.2) is 71.6 Å². The summed E-state index contributed by atoms with van der Waals surface area (Å²) in [6.07, 6.45) is 0. The van der Waals surface area contributed by atoms with Gasteiger partial charge >= 0.3 is 0 Å². The minimum absolute atomic E-state index is 0.235. The summed E-state index contributed by atoms with van der Waals surface area (Å²) < 4.78 is 31.8. The fourth-order valence-corrected chi connectivity index (χ4v) is 5.79. The average Bonchev–Trinajstić information content (AvgIpc) is 2.94. The fraction of sp³-hybridized carbons (Fsp3) is 0.310. The Labute approximate surface area is 229 Å². The molecule has 3 aromatic carbocycles. The number of para-hydroxylation sites is 2. The number of ether oxygens (including phenoxy) is 1. The molecule has 1 aliphatic heterocycles. The number of rotatable bonds is 8. The van der Waals surface area contributed by atoms with Crippen LogP contribution in [-0.2, 0) is 9.84 Å². The molecule has 4 aromatic rings. The summed E-state index contributed by atoms with van der Waals surface area (Å²) in [5.74, 6) is 1.56. The van der Waals surface area contributed by atoms with Crippen molar-refractivity contribution in [3.8, 4) is 5.75 Å². The van der Waals surface area contributed by atoms with Crippen LogP contribution < -0.4 is 20.3 Å². The van der Waals surface area contributed by atoms with Crippen LogP contribution in [0.2, 0.25) is 0 Å². The highest BCUT2D eigenvalue weighted by molar-refractivity contribution is 7.92. The van der Waals surface area contributed by atoms with E-state index in [1.165, 1.54) is 0 Å². The van der Waals surface area contributed by atoms with Gasteiger partial charge in [-0.1, -0.05) is 24.3 Å². The van der Waals surface area contributed by atoms with Crippen LogP contribution in [0.25, 0.3) is 10.9 Å². The molecule has 1 aliphatic rings. The smallest absolute Gasteiger partial charge is 0.229 e. The van der Waals surface area contributed by atoms with Crippen LogP contribution in [0.3, 0.4) is 0 Å². The van der Waals surface area contributed by atoms with Crippen molar-refractivity contribution in [2.75, 3.05) is 55.9 Å². The maximum Gasteiger partial charge on any atom is 0.229 e. The number of nitrogens with one attached hydrogen (secondary N) is 2. The summed E-state index contributed by atoms with van der Waals surface area (Å²) in [5, 5.41) is 6.81.